The third-order valence-corrected chi connectivity index (χ3v) is 7.86. The number of hydrogen-bond acceptors (Lipinski definition) is 6. The molecule has 5 rings (SSSR count). The van der Waals surface area contributed by atoms with Gasteiger partial charge in [0, 0.05) is 27.8 Å². The van der Waals surface area contributed by atoms with Gasteiger partial charge in [0.2, 0.25) is 17.6 Å². The molecule has 1 aliphatic heterocycles. The summed E-state index contributed by atoms with van der Waals surface area (Å²) in [4.78, 5) is 21.1. The zero-order chi connectivity index (χ0) is 25.6. The summed E-state index contributed by atoms with van der Waals surface area (Å²) in [6, 6.07) is 23.9. The van der Waals surface area contributed by atoms with Crippen molar-refractivity contribution < 1.29 is 9.32 Å². The maximum atomic E-state index is 13.2. The van der Waals surface area contributed by atoms with Gasteiger partial charge in [-0.15, -0.1) is 11.8 Å². The average molecular weight is 533 g/mol. The standard InChI is InChI=1S/C29H29ClN4O2S/c1-20-8-12-22(13-9-20)28-32-27(36-33-28)18-34-16-4-5-23(17-34)29(35)31-25-6-2-3-7-26(25)37-19-21-10-14-24(30)15-11-21/h2-3,6-15,23H,4-5,16-19H2,1H3,(H,31,35). The second-order valence-electron chi connectivity index (χ2n) is 9.35. The quantitative estimate of drug-likeness (QED) is 0.250. The molecule has 1 N–H and O–H groups in total. The molecule has 1 unspecified atom stereocenters. The molecule has 37 heavy (non-hydrogen) atoms. The Kier molecular flexibility index (Phi) is 8.24. The number of nitrogens with one attached hydrogen (secondary N) is 1. The van der Waals surface area contributed by atoms with E-state index in [0.717, 1.165) is 46.3 Å². The van der Waals surface area contributed by atoms with Gasteiger partial charge in [-0.2, -0.15) is 4.98 Å². The van der Waals surface area contributed by atoms with Crippen molar-refractivity contribution in [3.8, 4) is 11.4 Å². The molecule has 4 aromatic rings. The molecular weight excluding hydrogens is 504 g/mol. The number of nitrogens with zero attached hydrogens (tertiary/aromatic N) is 3. The van der Waals surface area contributed by atoms with Crippen molar-refractivity contribution in [2.45, 2.75) is 37.0 Å². The maximum Gasteiger partial charge on any atom is 0.241 e. The van der Waals surface area contributed by atoms with Gasteiger partial charge in [-0.05, 0) is 56.1 Å². The first-order valence-corrected chi connectivity index (χ1v) is 13.8. The van der Waals surface area contributed by atoms with E-state index in [0.29, 0.717) is 24.8 Å². The fraction of sp³-hybridized carbons (Fsp3) is 0.276. The molecule has 1 fully saturated rings. The molecule has 0 aliphatic carbocycles. The van der Waals surface area contributed by atoms with E-state index in [2.05, 4.69) is 20.4 Å². The van der Waals surface area contributed by atoms with E-state index in [1.807, 2.05) is 79.7 Å². The van der Waals surface area contributed by atoms with Gasteiger partial charge in [-0.25, -0.2) is 0 Å². The molecule has 190 valence electrons. The summed E-state index contributed by atoms with van der Waals surface area (Å²) in [5.74, 6) is 1.92. The monoisotopic (exact) mass is 532 g/mol. The van der Waals surface area contributed by atoms with Crippen molar-refractivity contribution in [1.82, 2.24) is 15.0 Å². The Bertz CT molecular complexity index is 1340. The number of piperidine rings is 1. The van der Waals surface area contributed by atoms with Crippen LogP contribution in [-0.4, -0.2) is 34.0 Å². The minimum Gasteiger partial charge on any atom is -0.338 e. The number of carbonyl (C=O) groups excluding carboxylic acids is 1. The van der Waals surface area contributed by atoms with Crippen LogP contribution in [0.15, 0.2) is 82.2 Å². The van der Waals surface area contributed by atoms with Crippen LogP contribution in [0, 0.1) is 12.8 Å². The van der Waals surface area contributed by atoms with Crippen LogP contribution in [0.25, 0.3) is 11.4 Å². The number of benzene rings is 3. The van der Waals surface area contributed by atoms with Gasteiger partial charge in [-0.3, -0.25) is 9.69 Å². The van der Waals surface area contributed by atoms with Gasteiger partial charge in [-0.1, -0.05) is 70.9 Å². The van der Waals surface area contributed by atoms with Crippen LogP contribution >= 0.6 is 23.4 Å². The number of aromatic nitrogens is 2. The molecule has 2 heterocycles. The largest absolute Gasteiger partial charge is 0.338 e. The third kappa shape index (κ3) is 6.80. The summed E-state index contributed by atoms with van der Waals surface area (Å²) in [6.07, 6.45) is 1.81. The molecule has 1 aromatic heterocycles. The topological polar surface area (TPSA) is 71.3 Å². The lowest BCUT2D eigenvalue weighted by Crippen LogP contribution is -2.40. The van der Waals surface area contributed by atoms with Gasteiger partial charge in [0.05, 0.1) is 18.2 Å². The number of thioether (sulfide) groups is 1. The van der Waals surface area contributed by atoms with E-state index in [4.69, 9.17) is 16.1 Å². The minimum absolute atomic E-state index is 0.0510. The van der Waals surface area contributed by atoms with Crippen molar-refractivity contribution in [2.24, 2.45) is 5.92 Å². The SMILES string of the molecule is Cc1ccc(-c2noc(CN3CCCC(C(=O)Nc4ccccc4SCc4ccc(Cl)cc4)C3)n2)cc1. The number of rotatable bonds is 8. The highest BCUT2D eigenvalue weighted by atomic mass is 35.5. The highest BCUT2D eigenvalue weighted by Crippen LogP contribution is 2.31. The van der Waals surface area contributed by atoms with E-state index < -0.39 is 0 Å². The molecule has 0 bridgehead atoms. The maximum absolute atomic E-state index is 13.2. The number of carbonyl (C=O) groups is 1. The molecule has 3 aromatic carbocycles. The number of amides is 1. The highest BCUT2D eigenvalue weighted by Gasteiger charge is 2.27. The second kappa shape index (κ2) is 11.9. The number of hydrogen-bond donors (Lipinski definition) is 1. The zero-order valence-corrected chi connectivity index (χ0v) is 22.3. The summed E-state index contributed by atoms with van der Waals surface area (Å²) in [7, 11) is 0. The van der Waals surface area contributed by atoms with Crippen molar-refractivity contribution in [1.29, 1.82) is 0 Å². The fourth-order valence-corrected chi connectivity index (χ4v) is 5.51. The lowest BCUT2D eigenvalue weighted by Gasteiger charge is -2.31. The van der Waals surface area contributed by atoms with E-state index in [1.165, 1.54) is 11.1 Å². The molecule has 0 saturated carbocycles. The first-order valence-electron chi connectivity index (χ1n) is 12.4. The molecule has 1 saturated heterocycles. The van der Waals surface area contributed by atoms with Gasteiger partial charge in [0.15, 0.2) is 0 Å². The minimum atomic E-state index is -0.0949. The number of likely N-dealkylation sites (tertiary alicyclic amines) is 1. The first kappa shape index (κ1) is 25.5. The molecule has 1 aliphatic rings. The van der Waals surface area contributed by atoms with Crippen molar-refractivity contribution >= 4 is 35.0 Å². The smallest absolute Gasteiger partial charge is 0.241 e. The number of aryl methyl sites for hydroxylation is 1. The Morgan fingerprint density at radius 2 is 1.89 bits per heavy atom. The zero-order valence-electron chi connectivity index (χ0n) is 20.7. The predicted molar refractivity (Wildman–Crippen MR) is 149 cm³/mol. The number of anilines is 1. The summed E-state index contributed by atoms with van der Waals surface area (Å²) in [5, 5.41) is 8.06. The summed E-state index contributed by atoms with van der Waals surface area (Å²) >= 11 is 7.70. The predicted octanol–water partition coefficient (Wildman–Crippen LogP) is 6.84. The Morgan fingerprint density at radius 1 is 1.11 bits per heavy atom. The van der Waals surface area contributed by atoms with Crippen molar-refractivity contribution in [3.05, 3.63) is 94.8 Å². The van der Waals surface area contributed by atoms with Crippen LogP contribution < -0.4 is 5.32 Å². The molecule has 0 radical (unpaired) electrons. The Balaban J connectivity index is 1.18. The first-order chi connectivity index (χ1) is 18.0. The second-order valence-corrected chi connectivity index (χ2v) is 10.8. The summed E-state index contributed by atoms with van der Waals surface area (Å²) in [6.45, 7) is 4.15. The molecule has 1 amide bonds. The normalized spacial score (nSPS) is 16.0. The van der Waals surface area contributed by atoms with Crippen LogP contribution in [0.2, 0.25) is 5.02 Å². The van der Waals surface area contributed by atoms with E-state index in [9.17, 15) is 4.79 Å². The molecular formula is C29H29ClN4O2S. The Labute approximate surface area is 226 Å². The lowest BCUT2D eigenvalue weighted by atomic mass is 9.97. The summed E-state index contributed by atoms with van der Waals surface area (Å²) in [5.41, 5.74) is 4.16. The van der Waals surface area contributed by atoms with Crippen LogP contribution in [0.3, 0.4) is 0 Å². The molecule has 6 nitrogen and oxygen atoms in total. The van der Waals surface area contributed by atoms with Gasteiger partial charge >= 0.3 is 0 Å². The number of para-hydroxylation sites is 1. The van der Waals surface area contributed by atoms with E-state index >= 15 is 0 Å². The fourth-order valence-electron chi connectivity index (χ4n) is 4.42. The molecule has 8 heteroatoms. The number of halogens is 1. The lowest BCUT2D eigenvalue weighted by molar-refractivity contribution is -0.121. The van der Waals surface area contributed by atoms with Crippen LogP contribution in [0.1, 0.15) is 29.9 Å². The van der Waals surface area contributed by atoms with E-state index in [1.54, 1.807) is 11.8 Å². The highest BCUT2D eigenvalue weighted by molar-refractivity contribution is 7.98. The molecule has 1 atom stereocenters. The van der Waals surface area contributed by atoms with Crippen LogP contribution in [0.5, 0.6) is 0 Å². The third-order valence-electron chi connectivity index (χ3n) is 6.47. The van der Waals surface area contributed by atoms with Gasteiger partial charge in [0.1, 0.15) is 0 Å². The van der Waals surface area contributed by atoms with E-state index in [-0.39, 0.29) is 11.8 Å². The van der Waals surface area contributed by atoms with Crippen molar-refractivity contribution in [2.75, 3.05) is 18.4 Å². The Hall–Kier alpha value is -3.13. The van der Waals surface area contributed by atoms with Gasteiger partial charge < -0.3 is 9.84 Å². The molecule has 0 spiro atoms. The van der Waals surface area contributed by atoms with Crippen LogP contribution in [-0.2, 0) is 17.1 Å². The average Bonchev–Trinajstić information content (AvgIpc) is 3.38. The van der Waals surface area contributed by atoms with Crippen LogP contribution in [0.4, 0.5) is 5.69 Å². The van der Waals surface area contributed by atoms with Gasteiger partial charge in [0.25, 0.3) is 0 Å². The Morgan fingerprint density at radius 3 is 2.70 bits per heavy atom. The summed E-state index contributed by atoms with van der Waals surface area (Å²) < 4.78 is 5.52. The van der Waals surface area contributed by atoms with Crippen molar-refractivity contribution in [3.63, 3.8) is 0 Å².